The molecule has 2 heteroatoms. The van der Waals surface area contributed by atoms with E-state index in [-0.39, 0.29) is 0 Å². The van der Waals surface area contributed by atoms with Gasteiger partial charge in [-0.05, 0) is 32.7 Å². The Morgan fingerprint density at radius 3 is 2.54 bits per heavy atom. The normalized spacial score (nSPS) is 21.7. The average Bonchev–Trinajstić information content (AvgIpc) is 2.19. The molecule has 0 aromatic carbocycles. The fraction of sp³-hybridized carbons (Fsp3) is 1.00. The van der Waals surface area contributed by atoms with Gasteiger partial charge < -0.3 is 10.1 Å². The number of nitrogens with one attached hydrogen (secondary N) is 1. The maximum atomic E-state index is 5.76. The van der Waals surface area contributed by atoms with Crippen LogP contribution >= 0.6 is 0 Å². The van der Waals surface area contributed by atoms with E-state index in [1.54, 1.807) is 0 Å². The van der Waals surface area contributed by atoms with Crippen LogP contribution in [0.25, 0.3) is 0 Å². The molecular weight excluding hydrogens is 162 g/mol. The molecule has 0 aromatic heterocycles. The molecule has 0 heterocycles. The van der Waals surface area contributed by atoms with Crippen molar-refractivity contribution < 1.29 is 4.74 Å². The van der Waals surface area contributed by atoms with Crippen LogP contribution in [0.15, 0.2) is 0 Å². The van der Waals surface area contributed by atoms with Crippen molar-refractivity contribution in [2.45, 2.75) is 45.1 Å². The predicted octanol–water partition coefficient (Wildman–Crippen LogP) is 2.19. The molecule has 0 spiro atoms. The molecule has 1 aliphatic rings. The molecule has 1 N–H and O–H groups in total. The zero-order valence-electron chi connectivity index (χ0n) is 9.01. The van der Waals surface area contributed by atoms with Crippen molar-refractivity contribution in [3.63, 3.8) is 0 Å². The molecule has 1 unspecified atom stereocenters. The van der Waals surface area contributed by atoms with Gasteiger partial charge in [-0.15, -0.1) is 0 Å². The van der Waals surface area contributed by atoms with Gasteiger partial charge in [0.15, 0.2) is 0 Å². The van der Waals surface area contributed by atoms with Gasteiger partial charge in [-0.3, -0.25) is 0 Å². The lowest BCUT2D eigenvalue weighted by atomic mass is 9.85. The molecule has 0 amide bonds. The molecule has 1 fully saturated rings. The Morgan fingerprint density at radius 1 is 1.31 bits per heavy atom. The van der Waals surface area contributed by atoms with E-state index in [1.807, 2.05) is 7.05 Å². The van der Waals surface area contributed by atoms with E-state index in [9.17, 15) is 0 Å². The van der Waals surface area contributed by atoms with Gasteiger partial charge in [0.1, 0.15) is 0 Å². The SMILES string of the molecule is CCOC(CNC)C1CCCCC1. The quantitative estimate of drug-likeness (QED) is 0.709. The smallest absolute Gasteiger partial charge is 0.0727 e. The van der Waals surface area contributed by atoms with Gasteiger partial charge in [0, 0.05) is 13.2 Å². The van der Waals surface area contributed by atoms with Crippen LogP contribution in [-0.2, 0) is 4.74 Å². The second-order valence-corrected chi connectivity index (χ2v) is 3.95. The molecule has 1 saturated carbocycles. The van der Waals surface area contributed by atoms with Gasteiger partial charge in [0.05, 0.1) is 6.10 Å². The van der Waals surface area contributed by atoms with Gasteiger partial charge in [-0.25, -0.2) is 0 Å². The van der Waals surface area contributed by atoms with Crippen LogP contribution in [0.1, 0.15) is 39.0 Å². The van der Waals surface area contributed by atoms with E-state index in [4.69, 9.17) is 4.74 Å². The summed E-state index contributed by atoms with van der Waals surface area (Å²) in [4.78, 5) is 0. The highest BCUT2D eigenvalue weighted by Crippen LogP contribution is 2.27. The first-order chi connectivity index (χ1) is 6.38. The first-order valence-corrected chi connectivity index (χ1v) is 5.64. The third-order valence-corrected chi connectivity index (χ3v) is 2.96. The minimum Gasteiger partial charge on any atom is -0.377 e. The fourth-order valence-electron chi connectivity index (χ4n) is 2.28. The summed E-state index contributed by atoms with van der Waals surface area (Å²) < 4.78 is 5.76. The summed E-state index contributed by atoms with van der Waals surface area (Å²) in [6, 6.07) is 0. The van der Waals surface area contributed by atoms with E-state index in [2.05, 4.69) is 12.2 Å². The van der Waals surface area contributed by atoms with Crippen molar-refractivity contribution >= 4 is 0 Å². The Hall–Kier alpha value is -0.0800. The lowest BCUT2D eigenvalue weighted by Crippen LogP contribution is -2.34. The lowest BCUT2D eigenvalue weighted by molar-refractivity contribution is 0.00928. The maximum absolute atomic E-state index is 5.76. The Morgan fingerprint density at radius 2 is 2.00 bits per heavy atom. The molecule has 13 heavy (non-hydrogen) atoms. The predicted molar refractivity (Wildman–Crippen MR) is 55.9 cm³/mol. The van der Waals surface area contributed by atoms with E-state index in [1.165, 1.54) is 32.1 Å². The summed E-state index contributed by atoms with van der Waals surface area (Å²) in [6.07, 6.45) is 7.42. The second-order valence-electron chi connectivity index (χ2n) is 3.95. The molecule has 78 valence electrons. The summed E-state index contributed by atoms with van der Waals surface area (Å²) in [6.45, 7) is 3.95. The highest BCUT2D eigenvalue weighted by atomic mass is 16.5. The number of rotatable bonds is 5. The van der Waals surface area contributed by atoms with Crippen LogP contribution < -0.4 is 5.32 Å². The van der Waals surface area contributed by atoms with Crippen LogP contribution in [0.3, 0.4) is 0 Å². The van der Waals surface area contributed by atoms with Crippen molar-refractivity contribution in [2.75, 3.05) is 20.2 Å². The van der Waals surface area contributed by atoms with Gasteiger partial charge >= 0.3 is 0 Å². The number of hydrogen-bond donors (Lipinski definition) is 1. The van der Waals surface area contributed by atoms with Crippen LogP contribution in [0, 0.1) is 5.92 Å². The Bertz CT molecular complexity index is 115. The molecule has 2 nitrogen and oxygen atoms in total. The summed E-state index contributed by atoms with van der Waals surface area (Å²) in [5.41, 5.74) is 0. The fourth-order valence-corrected chi connectivity index (χ4v) is 2.28. The first kappa shape index (κ1) is 11.0. The number of ether oxygens (including phenoxy) is 1. The third-order valence-electron chi connectivity index (χ3n) is 2.96. The Balaban J connectivity index is 2.32. The summed E-state index contributed by atoms with van der Waals surface area (Å²) in [5, 5.41) is 3.22. The molecule has 1 aliphatic carbocycles. The van der Waals surface area contributed by atoms with Crippen LogP contribution in [0.5, 0.6) is 0 Å². The molecule has 1 rings (SSSR count). The van der Waals surface area contributed by atoms with Gasteiger partial charge in [-0.1, -0.05) is 19.3 Å². The first-order valence-electron chi connectivity index (χ1n) is 5.64. The highest BCUT2D eigenvalue weighted by Gasteiger charge is 2.22. The number of likely N-dealkylation sites (N-methyl/N-ethyl adjacent to an activating group) is 1. The molecule has 0 bridgehead atoms. The van der Waals surface area contributed by atoms with Crippen molar-refractivity contribution in [2.24, 2.45) is 5.92 Å². The van der Waals surface area contributed by atoms with Crippen LogP contribution in [0.4, 0.5) is 0 Å². The summed E-state index contributed by atoms with van der Waals surface area (Å²) >= 11 is 0. The van der Waals surface area contributed by atoms with Crippen molar-refractivity contribution in [1.29, 1.82) is 0 Å². The monoisotopic (exact) mass is 185 g/mol. The average molecular weight is 185 g/mol. The summed E-state index contributed by atoms with van der Waals surface area (Å²) in [5.74, 6) is 0.807. The number of hydrogen-bond acceptors (Lipinski definition) is 2. The Labute approximate surface area is 82.0 Å². The lowest BCUT2D eigenvalue weighted by Gasteiger charge is -2.29. The van der Waals surface area contributed by atoms with E-state index < -0.39 is 0 Å². The van der Waals surface area contributed by atoms with Gasteiger partial charge in [0.2, 0.25) is 0 Å². The molecule has 0 aromatic rings. The molecular formula is C11H23NO. The topological polar surface area (TPSA) is 21.3 Å². The maximum Gasteiger partial charge on any atom is 0.0727 e. The second kappa shape index (κ2) is 6.39. The van der Waals surface area contributed by atoms with E-state index >= 15 is 0 Å². The van der Waals surface area contributed by atoms with Crippen molar-refractivity contribution in [3.05, 3.63) is 0 Å². The highest BCUT2D eigenvalue weighted by molar-refractivity contribution is 4.75. The summed E-state index contributed by atoms with van der Waals surface area (Å²) in [7, 11) is 2.01. The largest absolute Gasteiger partial charge is 0.377 e. The van der Waals surface area contributed by atoms with Crippen molar-refractivity contribution in [1.82, 2.24) is 5.32 Å². The standard InChI is InChI=1S/C11H23NO/c1-3-13-11(9-12-2)10-7-5-4-6-8-10/h10-12H,3-9H2,1-2H3. The van der Waals surface area contributed by atoms with E-state index in [0.717, 1.165) is 19.1 Å². The van der Waals surface area contributed by atoms with Crippen LogP contribution in [0.2, 0.25) is 0 Å². The zero-order valence-corrected chi connectivity index (χ0v) is 9.01. The molecule has 1 atom stereocenters. The molecule has 0 saturated heterocycles. The minimum atomic E-state index is 0.454. The van der Waals surface area contributed by atoms with E-state index in [0.29, 0.717) is 6.10 Å². The van der Waals surface area contributed by atoms with Crippen LogP contribution in [-0.4, -0.2) is 26.3 Å². The minimum absolute atomic E-state index is 0.454. The Kier molecular flexibility index (Phi) is 5.40. The van der Waals surface area contributed by atoms with Gasteiger partial charge in [0.25, 0.3) is 0 Å². The van der Waals surface area contributed by atoms with Gasteiger partial charge in [-0.2, -0.15) is 0 Å². The third kappa shape index (κ3) is 3.65. The molecule has 0 aliphatic heterocycles. The van der Waals surface area contributed by atoms with Crippen molar-refractivity contribution in [3.8, 4) is 0 Å². The molecule has 0 radical (unpaired) electrons. The zero-order chi connectivity index (χ0) is 9.52.